The number of hydrogen-bond donors (Lipinski definition) is 1. The van der Waals surface area contributed by atoms with Crippen LogP contribution >= 0.6 is 0 Å². The molecule has 0 radical (unpaired) electrons. The third-order valence-electron chi connectivity index (χ3n) is 1.76. The van der Waals surface area contributed by atoms with Gasteiger partial charge in [0.1, 0.15) is 0 Å². The van der Waals surface area contributed by atoms with Crippen molar-refractivity contribution in [2.45, 2.75) is 12.8 Å². The third kappa shape index (κ3) is 3.72. The van der Waals surface area contributed by atoms with Gasteiger partial charge < -0.3 is 5.32 Å². The second kappa shape index (κ2) is 5.33. The average molecular weight is 178 g/mol. The molecule has 1 aromatic heterocycles. The molecule has 1 heterocycles. The summed E-state index contributed by atoms with van der Waals surface area (Å²) in [6.07, 6.45) is 5.42. The first kappa shape index (κ1) is 9.75. The fraction of sp³-hybridized carbons (Fsp3) is 0.556. The SMILES string of the molecule is Cn1cc(CCNCCC#N)cn1. The Labute approximate surface area is 78.2 Å². The van der Waals surface area contributed by atoms with Crippen LogP contribution < -0.4 is 5.32 Å². The molecule has 0 aliphatic carbocycles. The second-order valence-electron chi connectivity index (χ2n) is 2.93. The molecule has 13 heavy (non-hydrogen) atoms. The Morgan fingerprint density at radius 1 is 1.62 bits per heavy atom. The van der Waals surface area contributed by atoms with Crippen molar-refractivity contribution in [3.8, 4) is 6.07 Å². The predicted octanol–water partition coefficient (Wildman–Crippen LogP) is 0.466. The molecule has 0 atom stereocenters. The summed E-state index contributed by atoms with van der Waals surface area (Å²) in [6, 6.07) is 2.09. The lowest BCUT2D eigenvalue weighted by Gasteiger charge is -1.98. The zero-order valence-corrected chi connectivity index (χ0v) is 7.82. The molecule has 1 N–H and O–H groups in total. The normalized spacial score (nSPS) is 9.85. The quantitative estimate of drug-likeness (QED) is 0.667. The van der Waals surface area contributed by atoms with Crippen LogP contribution in [0.1, 0.15) is 12.0 Å². The molecule has 0 saturated heterocycles. The average Bonchev–Trinajstić information content (AvgIpc) is 2.51. The van der Waals surface area contributed by atoms with E-state index in [0.717, 1.165) is 19.5 Å². The highest BCUT2D eigenvalue weighted by Crippen LogP contribution is 1.95. The topological polar surface area (TPSA) is 53.6 Å². The van der Waals surface area contributed by atoms with Crippen LogP contribution in [0.25, 0.3) is 0 Å². The lowest BCUT2D eigenvalue weighted by Crippen LogP contribution is -2.17. The molecule has 0 bridgehead atoms. The number of nitrogens with zero attached hydrogens (tertiary/aromatic N) is 3. The molecule has 0 aromatic carbocycles. The monoisotopic (exact) mass is 178 g/mol. The van der Waals surface area contributed by atoms with Gasteiger partial charge in [-0.15, -0.1) is 0 Å². The summed E-state index contributed by atoms with van der Waals surface area (Å²) in [7, 11) is 1.91. The van der Waals surface area contributed by atoms with Crippen molar-refractivity contribution in [2.24, 2.45) is 7.05 Å². The molecule has 0 saturated carbocycles. The summed E-state index contributed by atoms with van der Waals surface area (Å²) < 4.78 is 1.80. The van der Waals surface area contributed by atoms with Gasteiger partial charge >= 0.3 is 0 Å². The highest BCUT2D eigenvalue weighted by atomic mass is 15.2. The number of aryl methyl sites for hydroxylation is 1. The van der Waals surface area contributed by atoms with E-state index in [9.17, 15) is 0 Å². The van der Waals surface area contributed by atoms with E-state index in [0.29, 0.717) is 6.42 Å². The molecule has 0 unspecified atom stereocenters. The number of nitrogens with one attached hydrogen (secondary N) is 1. The largest absolute Gasteiger partial charge is 0.315 e. The van der Waals surface area contributed by atoms with E-state index in [4.69, 9.17) is 5.26 Å². The fourth-order valence-corrected chi connectivity index (χ4v) is 1.10. The van der Waals surface area contributed by atoms with E-state index in [1.165, 1.54) is 5.56 Å². The van der Waals surface area contributed by atoms with Gasteiger partial charge in [-0.3, -0.25) is 4.68 Å². The summed E-state index contributed by atoms with van der Waals surface area (Å²) in [6.45, 7) is 1.68. The number of hydrogen-bond acceptors (Lipinski definition) is 3. The van der Waals surface area contributed by atoms with E-state index >= 15 is 0 Å². The van der Waals surface area contributed by atoms with Crippen molar-refractivity contribution in [1.82, 2.24) is 15.1 Å². The van der Waals surface area contributed by atoms with Gasteiger partial charge in [0.2, 0.25) is 0 Å². The third-order valence-corrected chi connectivity index (χ3v) is 1.76. The highest BCUT2D eigenvalue weighted by Gasteiger charge is 1.94. The number of rotatable bonds is 5. The van der Waals surface area contributed by atoms with Gasteiger partial charge in [-0.1, -0.05) is 0 Å². The fourth-order valence-electron chi connectivity index (χ4n) is 1.10. The number of nitriles is 1. The van der Waals surface area contributed by atoms with Crippen molar-refractivity contribution < 1.29 is 0 Å². The van der Waals surface area contributed by atoms with E-state index in [2.05, 4.69) is 16.5 Å². The van der Waals surface area contributed by atoms with Crippen LogP contribution in [0.4, 0.5) is 0 Å². The minimum atomic E-state index is 0.576. The molecule has 4 nitrogen and oxygen atoms in total. The van der Waals surface area contributed by atoms with E-state index in [-0.39, 0.29) is 0 Å². The van der Waals surface area contributed by atoms with Crippen LogP contribution in [-0.2, 0) is 13.5 Å². The van der Waals surface area contributed by atoms with Gasteiger partial charge in [0.15, 0.2) is 0 Å². The minimum Gasteiger partial charge on any atom is -0.315 e. The Morgan fingerprint density at radius 3 is 3.08 bits per heavy atom. The van der Waals surface area contributed by atoms with Crippen molar-refractivity contribution in [2.75, 3.05) is 13.1 Å². The molecular formula is C9H14N4. The lowest BCUT2D eigenvalue weighted by molar-refractivity contribution is 0.691. The summed E-state index contributed by atoms with van der Waals surface area (Å²) in [5.74, 6) is 0. The van der Waals surface area contributed by atoms with Gasteiger partial charge in [0.25, 0.3) is 0 Å². The van der Waals surface area contributed by atoms with Gasteiger partial charge in [0.05, 0.1) is 12.3 Å². The molecule has 0 aliphatic rings. The van der Waals surface area contributed by atoms with Gasteiger partial charge in [-0.05, 0) is 18.5 Å². The molecule has 0 amide bonds. The molecule has 1 aromatic rings. The molecule has 70 valence electrons. The standard InChI is InChI=1S/C9H14N4/c1-13-8-9(7-12-13)3-6-11-5-2-4-10/h7-8,11H,2-3,5-6H2,1H3. The van der Waals surface area contributed by atoms with Gasteiger partial charge in [0, 0.05) is 26.2 Å². The first-order valence-corrected chi connectivity index (χ1v) is 4.38. The summed E-state index contributed by atoms with van der Waals surface area (Å²) in [5, 5.41) is 15.5. The van der Waals surface area contributed by atoms with Crippen molar-refractivity contribution >= 4 is 0 Å². The minimum absolute atomic E-state index is 0.576. The Hall–Kier alpha value is -1.34. The smallest absolute Gasteiger partial charge is 0.0635 e. The molecule has 0 fully saturated rings. The molecule has 0 spiro atoms. The Morgan fingerprint density at radius 2 is 2.46 bits per heavy atom. The Kier molecular flexibility index (Phi) is 4.00. The number of aromatic nitrogens is 2. The van der Waals surface area contributed by atoms with Crippen LogP contribution in [0.2, 0.25) is 0 Å². The summed E-state index contributed by atoms with van der Waals surface area (Å²) in [4.78, 5) is 0. The predicted molar refractivity (Wildman–Crippen MR) is 50.0 cm³/mol. The molecule has 1 rings (SSSR count). The summed E-state index contributed by atoms with van der Waals surface area (Å²) in [5.41, 5.74) is 1.23. The van der Waals surface area contributed by atoms with Crippen molar-refractivity contribution in [3.05, 3.63) is 18.0 Å². The van der Waals surface area contributed by atoms with E-state index < -0.39 is 0 Å². The van der Waals surface area contributed by atoms with Crippen LogP contribution in [0.15, 0.2) is 12.4 Å². The maximum Gasteiger partial charge on any atom is 0.0635 e. The lowest BCUT2D eigenvalue weighted by atomic mass is 10.2. The Balaban J connectivity index is 2.10. The zero-order valence-electron chi connectivity index (χ0n) is 7.82. The van der Waals surface area contributed by atoms with Crippen LogP contribution in [0, 0.1) is 11.3 Å². The second-order valence-corrected chi connectivity index (χ2v) is 2.93. The summed E-state index contributed by atoms with van der Waals surface area (Å²) >= 11 is 0. The van der Waals surface area contributed by atoms with E-state index in [1.807, 2.05) is 19.4 Å². The van der Waals surface area contributed by atoms with Gasteiger partial charge in [-0.2, -0.15) is 10.4 Å². The Bertz CT molecular complexity index is 284. The highest BCUT2D eigenvalue weighted by molar-refractivity contribution is 5.03. The van der Waals surface area contributed by atoms with Crippen molar-refractivity contribution in [3.63, 3.8) is 0 Å². The molecule has 0 aliphatic heterocycles. The molecule has 4 heteroatoms. The van der Waals surface area contributed by atoms with Crippen LogP contribution in [-0.4, -0.2) is 22.9 Å². The first-order valence-electron chi connectivity index (χ1n) is 4.38. The zero-order chi connectivity index (χ0) is 9.52. The molecular weight excluding hydrogens is 164 g/mol. The van der Waals surface area contributed by atoms with Crippen molar-refractivity contribution in [1.29, 1.82) is 5.26 Å². The first-order chi connectivity index (χ1) is 6.33. The van der Waals surface area contributed by atoms with E-state index in [1.54, 1.807) is 4.68 Å². The van der Waals surface area contributed by atoms with Crippen LogP contribution in [0.5, 0.6) is 0 Å². The van der Waals surface area contributed by atoms with Crippen LogP contribution in [0.3, 0.4) is 0 Å². The maximum absolute atomic E-state index is 8.28. The van der Waals surface area contributed by atoms with Gasteiger partial charge in [-0.25, -0.2) is 0 Å². The maximum atomic E-state index is 8.28.